The van der Waals surface area contributed by atoms with Gasteiger partial charge in [0.1, 0.15) is 11.9 Å². The number of aryl methyl sites for hydroxylation is 2. The van der Waals surface area contributed by atoms with E-state index in [2.05, 4.69) is 71.4 Å². The molecule has 1 saturated heterocycles. The Balaban J connectivity index is 1.64. The van der Waals surface area contributed by atoms with Gasteiger partial charge in [0.05, 0.1) is 11.7 Å². The highest BCUT2D eigenvalue weighted by atomic mass is 32.2. The molecule has 0 amide bonds. The molecule has 3 aromatic heterocycles. The monoisotopic (exact) mass is 403 g/mol. The third kappa shape index (κ3) is 2.97. The van der Waals surface area contributed by atoms with Gasteiger partial charge < -0.3 is 9.47 Å². The summed E-state index contributed by atoms with van der Waals surface area (Å²) in [5, 5.41) is 1.71. The van der Waals surface area contributed by atoms with Crippen LogP contribution in [0, 0.1) is 20.8 Å². The number of aliphatic imine (C=N–C) groups is 1. The highest BCUT2D eigenvalue weighted by Gasteiger charge is 2.44. The van der Waals surface area contributed by atoms with Crippen LogP contribution in [0.5, 0.6) is 0 Å². The number of hydrogen-bond donors (Lipinski definition) is 0. The third-order valence-corrected chi connectivity index (χ3v) is 6.97. The average molecular weight is 404 g/mol. The van der Waals surface area contributed by atoms with Crippen molar-refractivity contribution in [1.29, 1.82) is 0 Å². The molecular formula is C23H25N5S. The lowest BCUT2D eigenvalue weighted by Crippen LogP contribution is -2.29. The molecule has 0 unspecified atom stereocenters. The van der Waals surface area contributed by atoms with E-state index in [1.165, 1.54) is 22.5 Å². The van der Waals surface area contributed by atoms with Crippen LogP contribution in [0.1, 0.15) is 47.2 Å². The van der Waals surface area contributed by atoms with Crippen LogP contribution < -0.4 is 0 Å². The summed E-state index contributed by atoms with van der Waals surface area (Å²) in [4.78, 5) is 16.9. The lowest BCUT2D eigenvalue weighted by atomic mass is 9.96. The summed E-state index contributed by atoms with van der Waals surface area (Å²) in [6.07, 6.45) is 3.74. The number of thioether (sulfide) groups is 1. The van der Waals surface area contributed by atoms with Gasteiger partial charge >= 0.3 is 0 Å². The van der Waals surface area contributed by atoms with Gasteiger partial charge in [0.25, 0.3) is 0 Å². The van der Waals surface area contributed by atoms with Gasteiger partial charge in [-0.25, -0.2) is 4.98 Å². The fraction of sp³-hybridized carbons (Fsp3) is 0.348. The van der Waals surface area contributed by atoms with Gasteiger partial charge in [-0.2, -0.15) is 0 Å². The van der Waals surface area contributed by atoms with Crippen molar-refractivity contribution in [2.45, 2.75) is 45.0 Å². The molecule has 1 fully saturated rings. The van der Waals surface area contributed by atoms with E-state index in [1.807, 2.05) is 36.3 Å². The smallest absolute Gasteiger partial charge is 0.160 e. The van der Waals surface area contributed by atoms with Crippen LogP contribution in [-0.2, 0) is 0 Å². The number of nitrogens with zero attached hydrogens (tertiary/aromatic N) is 5. The fourth-order valence-electron chi connectivity index (χ4n) is 4.58. The number of rotatable bonds is 3. The number of aromatic nitrogens is 3. The summed E-state index contributed by atoms with van der Waals surface area (Å²) < 4.78 is 2.28. The van der Waals surface area contributed by atoms with Crippen molar-refractivity contribution in [3.05, 3.63) is 77.0 Å². The maximum atomic E-state index is 5.12. The largest absolute Gasteiger partial charge is 0.341 e. The van der Waals surface area contributed by atoms with Crippen LogP contribution in [0.3, 0.4) is 0 Å². The van der Waals surface area contributed by atoms with Crippen molar-refractivity contribution >= 4 is 16.9 Å². The molecule has 5 nitrogen and oxygen atoms in total. The number of fused-ring (bicyclic) bond motifs is 1. The van der Waals surface area contributed by atoms with Crippen molar-refractivity contribution in [3.63, 3.8) is 0 Å². The summed E-state index contributed by atoms with van der Waals surface area (Å²) in [6.45, 7) is 9.78. The first-order valence-corrected chi connectivity index (χ1v) is 11.0. The topological polar surface area (TPSA) is 46.3 Å². The molecule has 148 valence electrons. The molecule has 2 aliphatic heterocycles. The molecular weight excluding hydrogens is 378 g/mol. The van der Waals surface area contributed by atoms with E-state index in [0.717, 1.165) is 23.2 Å². The Morgan fingerprint density at radius 1 is 1.03 bits per heavy atom. The van der Waals surface area contributed by atoms with E-state index in [0.29, 0.717) is 5.25 Å². The van der Waals surface area contributed by atoms with Crippen LogP contribution in [0.25, 0.3) is 5.82 Å². The number of amidine groups is 1. The maximum absolute atomic E-state index is 5.12. The van der Waals surface area contributed by atoms with Gasteiger partial charge in [0.2, 0.25) is 0 Å². The summed E-state index contributed by atoms with van der Waals surface area (Å²) >= 11 is 1.88. The Morgan fingerprint density at radius 2 is 1.86 bits per heavy atom. The molecule has 0 saturated carbocycles. The van der Waals surface area contributed by atoms with Crippen LogP contribution in [-0.4, -0.2) is 36.4 Å². The van der Waals surface area contributed by atoms with E-state index in [1.54, 1.807) is 0 Å². The second-order valence-corrected chi connectivity index (χ2v) is 9.35. The average Bonchev–Trinajstić information content (AvgIpc) is 3.33. The molecule has 0 radical (unpaired) electrons. The van der Waals surface area contributed by atoms with Crippen molar-refractivity contribution in [2.24, 2.45) is 4.99 Å². The predicted molar refractivity (Wildman–Crippen MR) is 119 cm³/mol. The van der Waals surface area contributed by atoms with E-state index in [9.17, 15) is 0 Å². The molecule has 0 bridgehead atoms. The highest BCUT2D eigenvalue weighted by molar-refractivity contribution is 8.14. The van der Waals surface area contributed by atoms with Crippen LogP contribution in [0.4, 0.5) is 0 Å². The van der Waals surface area contributed by atoms with Gasteiger partial charge in [-0.15, -0.1) is 0 Å². The normalized spacial score (nSPS) is 23.4. The van der Waals surface area contributed by atoms with Crippen molar-refractivity contribution in [1.82, 2.24) is 19.4 Å². The van der Waals surface area contributed by atoms with Crippen LogP contribution >= 0.6 is 11.8 Å². The van der Waals surface area contributed by atoms with Crippen molar-refractivity contribution in [3.8, 4) is 5.82 Å². The Bertz CT molecular complexity index is 1090. The molecule has 2 aliphatic rings. The Hall–Kier alpha value is -2.60. The first-order valence-electron chi connectivity index (χ1n) is 10.1. The van der Waals surface area contributed by atoms with Gasteiger partial charge in [0, 0.05) is 35.6 Å². The quantitative estimate of drug-likeness (QED) is 0.631. The fourth-order valence-corrected chi connectivity index (χ4v) is 5.67. The molecule has 5 heterocycles. The molecule has 0 N–H and O–H groups in total. The second kappa shape index (κ2) is 7.02. The van der Waals surface area contributed by atoms with Crippen molar-refractivity contribution in [2.75, 3.05) is 6.54 Å². The molecule has 5 rings (SSSR count). The molecule has 3 atom stereocenters. The zero-order chi connectivity index (χ0) is 20.1. The minimum atomic E-state index is 0.0185. The summed E-state index contributed by atoms with van der Waals surface area (Å²) in [5.74, 6) is 1.01. The van der Waals surface area contributed by atoms with Gasteiger partial charge in [-0.05, 0) is 56.2 Å². The molecule has 3 aromatic rings. The number of pyridine rings is 2. The molecule has 0 spiro atoms. The first-order chi connectivity index (χ1) is 14.0. The summed E-state index contributed by atoms with van der Waals surface area (Å²) in [6, 6.07) is 12.7. The molecule has 29 heavy (non-hydrogen) atoms. The number of hydrogen-bond acceptors (Lipinski definition) is 5. The molecule has 0 aromatic carbocycles. The second-order valence-electron chi connectivity index (χ2n) is 7.94. The van der Waals surface area contributed by atoms with Gasteiger partial charge in [-0.3, -0.25) is 9.98 Å². The van der Waals surface area contributed by atoms with E-state index < -0.39 is 0 Å². The van der Waals surface area contributed by atoms with E-state index >= 15 is 0 Å². The SMILES string of the molecule is Cc1cccnc1-n1c(C)cc([C@@H]2[C@@H](c3ccccn3)N=C3S[C@@H](C)CN32)c1C. The van der Waals surface area contributed by atoms with Crippen LogP contribution in [0.15, 0.2) is 53.8 Å². The zero-order valence-electron chi connectivity index (χ0n) is 17.2. The minimum Gasteiger partial charge on any atom is -0.341 e. The molecule has 0 aliphatic carbocycles. The minimum absolute atomic E-state index is 0.0185. The predicted octanol–water partition coefficient (Wildman–Crippen LogP) is 4.78. The Labute approximate surface area is 175 Å². The van der Waals surface area contributed by atoms with E-state index in [4.69, 9.17) is 4.99 Å². The third-order valence-electron chi connectivity index (χ3n) is 5.86. The molecule has 6 heteroatoms. The lowest BCUT2D eigenvalue weighted by Gasteiger charge is -2.27. The maximum Gasteiger partial charge on any atom is 0.160 e. The Kier molecular flexibility index (Phi) is 4.46. The van der Waals surface area contributed by atoms with E-state index in [-0.39, 0.29) is 12.1 Å². The standard InChI is InChI=1S/C23H25N5S/c1-14-8-7-11-25-22(14)28-15(2)12-18(17(28)4)21-20(19-9-5-6-10-24-19)26-23-27(21)13-16(3)29-23/h5-12,16,20-21H,13H2,1-4H3/t16-,20+,21+/m0/s1. The Morgan fingerprint density at radius 3 is 2.62 bits per heavy atom. The highest BCUT2D eigenvalue weighted by Crippen LogP contribution is 2.48. The lowest BCUT2D eigenvalue weighted by molar-refractivity contribution is 0.320. The zero-order valence-corrected chi connectivity index (χ0v) is 18.0. The first kappa shape index (κ1) is 18.4. The van der Waals surface area contributed by atoms with Crippen molar-refractivity contribution < 1.29 is 0 Å². The summed E-state index contributed by atoms with van der Waals surface area (Å²) in [5.41, 5.74) is 5.96. The van der Waals surface area contributed by atoms with Gasteiger partial charge in [-0.1, -0.05) is 30.8 Å². The van der Waals surface area contributed by atoms with Gasteiger partial charge in [0.15, 0.2) is 5.17 Å². The summed E-state index contributed by atoms with van der Waals surface area (Å²) in [7, 11) is 0. The van der Waals surface area contributed by atoms with Crippen LogP contribution in [0.2, 0.25) is 0 Å².